The Hall–Kier alpha value is -1.17. The third-order valence-electron chi connectivity index (χ3n) is 2.31. The number of hydrogen-bond donors (Lipinski definition) is 0. The van der Waals surface area contributed by atoms with Crippen LogP contribution in [0.1, 0.15) is 51.9 Å². The van der Waals surface area contributed by atoms with Gasteiger partial charge in [0.15, 0.2) is 0 Å². The van der Waals surface area contributed by atoms with E-state index in [1.807, 2.05) is 12.9 Å². The maximum atomic E-state index is 10.2. The van der Waals surface area contributed by atoms with Crippen LogP contribution in [0.2, 0.25) is 0 Å². The molecule has 0 aromatic carbocycles. The van der Waals surface area contributed by atoms with E-state index in [1.54, 1.807) is 0 Å². The maximum Gasteiger partial charge on any atom is 0.234 e. The van der Waals surface area contributed by atoms with E-state index >= 15 is 0 Å². The molecule has 0 N–H and O–H groups in total. The summed E-state index contributed by atoms with van der Waals surface area (Å²) in [6, 6.07) is 0. The van der Waals surface area contributed by atoms with Crippen LogP contribution in [0.5, 0.6) is 0 Å². The van der Waals surface area contributed by atoms with Crippen LogP contribution >= 0.6 is 0 Å². The number of rotatable bonds is 9. The zero-order valence-corrected chi connectivity index (χ0v) is 9.42. The molecule has 0 heterocycles. The summed E-state index contributed by atoms with van der Waals surface area (Å²) in [5.74, 6) is 1.91. The van der Waals surface area contributed by atoms with Gasteiger partial charge in [-0.15, -0.1) is 0 Å². The molecular weight excluding hydrogens is 190 g/mol. The molecule has 0 fully saturated rings. The van der Waals surface area contributed by atoms with Crippen LogP contribution < -0.4 is 0 Å². The van der Waals surface area contributed by atoms with E-state index in [9.17, 15) is 9.59 Å². The molecule has 0 radical (unpaired) electrons. The van der Waals surface area contributed by atoms with Crippen molar-refractivity contribution in [2.45, 2.75) is 51.9 Å². The normalized spacial score (nSPS) is 9.13. The summed E-state index contributed by atoms with van der Waals surface area (Å²) in [6.07, 6.45) is 9.11. The number of aliphatic imine (C=N–C) groups is 1. The van der Waals surface area contributed by atoms with Crippen LogP contribution in [0, 0.1) is 0 Å². The highest BCUT2D eigenvalue weighted by Gasteiger charge is 1.93. The molecule has 0 aliphatic carbocycles. The second kappa shape index (κ2) is 10.9. The molecule has 0 aliphatic rings. The third kappa shape index (κ3) is 10.8. The Morgan fingerprint density at radius 3 is 2.20 bits per heavy atom. The molecule has 0 saturated carbocycles. The van der Waals surface area contributed by atoms with Gasteiger partial charge in [0, 0.05) is 5.57 Å². The van der Waals surface area contributed by atoms with E-state index in [1.165, 1.54) is 18.9 Å². The zero-order chi connectivity index (χ0) is 11.4. The van der Waals surface area contributed by atoms with Crippen molar-refractivity contribution in [3.63, 3.8) is 0 Å². The predicted octanol–water partition coefficient (Wildman–Crippen LogP) is 2.83. The van der Waals surface area contributed by atoms with E-state index in [0.29, 0.717) is 6.54 Å². The molecule has 0 unspecified atom stereocenters. The number of nitrogens with zero attached hydrogens (tertiary/aromatic N) is 1. The first-order valence-electron chi connectivity index (χ1n) is 5.55. The first kappa shape index (κ1) is 13.8. The minimum absolute atomic E-state index is 0.608. The topological polar surface area (TPSA) is 46.5 Å². The van der Waals surface area contributed by atoms with Gasteiger partial charge in [0.2, 0.25) is 6.08 Å². The van der Waals surface area contributed by atoms with Gasteiger partial charge in [0.1, 0.15) is 5.94 Å². The first-order valence-corrected chi connectivity index (χ1v) is 5.55. The lowest BCUT2D eigenvalue weighted by molar-refractivity contribution is 0.558. The number of allylic oxidation sites excluding steroid dienone is 1. The summed E-state index contributed by atoms with van der Waals surface area (Å²) in [7, 11) is 0. The summed E-state index contributed by atoms with van der Waals surface area (Å²) >= 11 is 0. The first-order chi connectivity index (χ1) is 7.31. The highest BCUT2D eigenvalue weighted by atomic mass is 16.1. The molecule has 0 aromatic heterocycles. The monoisotopic (exact) mass is 209 g/mol. The zero-order valence-electron chi connectivity index (χ0n) is 9.42. The van der Waals surface area contributed by atoms with Gasteiger partial charge >= 0.3 is 0 Å². The summed E-state index contributed by atoms with van der Waals surface area (Å²) in [6.45, 7) is 2.43. The van der Waals surface area contributed by atoms with Gasteiger partial charge < -0.3 is 0 Å². The van der Waals surface area contributed by atoms with Crippen molar-refractivity contribution in [2.75, 3.05) is 6.54 Å². The number of hydrogen-bond acceptors (Lipinski definition) is 3. The molecule has 0 bridgehead atoms. The molecule has 15 heavy (non-hydrogen) atoms. The maximum absolute atomic E-state index is 10.2. The van der Waals surface area contributed by atoms with Crippen molar-refractivity contribution >= 4 is 12.0 Å². The Bertz CT molecular complexity index is 248. The highest BCUT2D eigenvalue weighted by molar-refractivity contribution is 5.50. The van der Waals surface area contributed by atoms with E-state index < -0.39 is 0 Å². The quantitative estimate of drug-likeness (QED) is 0.254. The van der Waals surface area contributed by atoms with E-state index in [4.69, 9.17) is 0 Å². The molecule has 0 amide bonds. The molecular formula is C12H19NO2. The van der Waals surface area contributed by atoms with Crippen molar-refractivity contribution < 1.29 is 9.59 Å². The lowest BCUT2D eigenvalue weighted by atomic mass is 10.1. The molecule has 3 nitrogen and oxygen atoms in total. The molecule has 0 saturated heterocycles. The average Bonchev–Trinajstić information content (AvgIpc) is 2.26. The van der Waals surface area contributed by atoms with Crippen LogP contribution in [0.15, 0.2) is 10.6 Å². The fourth-order valence-electron chi connectivity index (χ4n) is 1.38. The van der Waals surface area contributed by atoms with Crippen LogP contribution in [0.3, 0.4) is 0 Å². The molecule has 0 spiro atoms. The lowest BCUT2D eigenvalue weighted by Gasteiger charge is -1.99. The van der Waals surface area contributed by atoms with Crippen molar-refractivity contribution in [3.8, 4) is 0 Å². The van der Waals surface area contributed by atoms with E-state index in [2.05, 4.69) is 4.99 Å². The fraction of sp³-hybridized carbons (Fsp3) is 0.750. The molecule has 3 heteroatoms. The second-order valence-corrected chi connectivity index (χ2v) is 3.73. The Labute approximate surface area is 91.3 Å². The van der Waals surface area contributed by atoms with Gasteiger partial charge in [-0.05, 0) is 26.2 Å². The summed E-state index contributed by atoms with van der Waals surface area (Å²) in [5.41, 5.74) is 0.815. The number of unbranched alkanes of at least 4 members (excludes halogenated alkanes) is 5. The highest BCUT2D eigenvalue weighted by Crippen LogP contribution is 2.09. The summed E-state index contributed by atoms with van der Waals surface area (Å²) in [4.78, 5) is 23.4. The van der Waals surface area contributed by atoms with Gasteiger partial charge in [-0.25, -0.2) is 14.6 Å². The second-order valence-electron chi connectivity index (χ2n) is 3.73. The smallest absolute Gasteiger partial charge is 0.234 e. The molecule has 0 rings (SSSR count). The van der Waals surface area contributed by atoms with E-state index in [0.717, 1.165) is 37.7 Å². The van der Waals surface area contributed by atoms with Crippen LogP contribution in [0.25, 0.3) is 0 Å². The molecule has 0 aromatic rings. The molecule has 84 valence electrons. The standard InChI is InChI=1S/C12H19NO2/c1-12(10-14)8-6-4-2-3-5-7-9-13-11-15/h2-9H2,1H3. The van der Waals surface area contributed by atoms with Crippen LogP contribution in [-0.4, -0.2) is 18.6 Å². The molecule has 0 atom stereocenters. The summed E-state index contributed by atoms with van der Waals surface area (Å²) in [5, 5.41) is 0. The SMILES string of the molecule is CC(=C=O)CCCCCCCCN=C=O. The number of isocyanates is 1. The predicted molar refractivity (Wildman–Crippen MR) is 60.2 cm³/mol. The third-order valence-corrected chi connectivity index (χ3v) is 2.31. The van der Waals surface area contributed by atoms with Crippen molar-refractivity contribution in [1.29, 1.82) is 0 Å². The minimum atomic E-state index is 0.608. The average molecular weight is 209 g/mol. The summed E-state index contributed by atoms with van der Waals surface area (Å²) < 4.78 is 0. The van der Waals surface area contributed by atoms with E-state index in [-0.39, 0.29) is 0 Å². The Balaban J connectivity index is 3.11. The Morgan fingerprint density at radius 2 is 1.60 bits per heavy atom. The van der Waals surface area contributed by atoms with Gasteiger partial charge in [-0.1, -0.05) is 25.7 Å². The molecule has 0 aliphatic heterocycles. The van der Waals surface area contributed by atoms with Gasteiger partial charge in [0.25, 0.3) is 0 Å². The Morgan fingerprint density at radius 1 is 1.00 bits per heavy atom. The largest absolute Gasteiger partial charge is 0.234 e. The van der Waals surface area contributed by atoms with Gasteiger partial charge in [0.05, 0.1) is 6.54 Å². The van der Waals surface area contributed by atoms with Crippen LogP contribution in [-0.2, 0) is 9.59 Å². The van der Waals surface area contributed by atoms with Crippen molar-refractivity contribution in [3.05, 3.63) is 5.57 Å². The number of carbonyl (C=O) groups excluding carboxylic acids is 2. The lowest BCUT2D eigenvalue weighted by Crippen LogP contribution is -1.84. The van der Waals surface area contributed by atoms with Crippen molar-refractivity contribution in [1.82, 2.24) is 0 Å². The Kier molecular flexibility index (Phi) is 10.1. The van der Waals surface area contributed by atoms with Gasteiger partial charge in [-0.2, -0.15) is 0 Å². The van der Waals surface area contributed by atoms with Crippen molar-refractivity contribution in [2.24, 2.45) is 4.99 Å². The van der Waals surface area contributed by atoms with Crippen LogP contribution in [0.4, 0.5) is 0 Å². The minimum Gasteiger partial charge on any atom is -0.234 e. The fourth-order valence-corrected chi connectivity index (χ4v) is 1.38. The van der Waals surface area contributed by atoms with Gasteiger partial charge in [-0.3, -0.25) is 0 Å².